The Balaban J connectivity index is 1.79. The van der Waals surface area contributed by atoms with Crippen LogP contribution in [0.25, 0.3) is 0 Å². The zero-order valence-electron chi connectivity index (χ0n) is 11.4. The molecule has 0 spiro atoms. The number of nitrogens with zero attached hydrogens (tertiary/aromatic N) is 2. The molecule has 0 aromatic heterocycles. The molecule has 2 aliphatic rings. The Hall–Kier alpha value is -0.770. The average Bonchev–Trinajstić information content (AvgIpc) is 2.58. The van der Waals surface area contributed by atoms with Crippen molar-refractivity contribution in [3.05, 3.63) is 0 Å². The number of hydrogen-bond acceptors (Lipinski definition) is 3. The molecule has 0 aromatic rings. The van der Waals surface area contributed by atoms with E-state index in [0.29, 0.717) is 6.04 Å². The summed E-state index contributed by atoms with van der Waals surface area (Å²) >= 11 is 0. The van der Waals surface area contributed by atoms with Gasteiger partial charge in [-0.2, -0.15) is 0 Å². The van der Waals surface area contributed by atoms with E-state index in [0.717, 1.165) is 25.4 Å². The molecule has 2 saturated heterocycles. The number of hydrogen-bond donors (Lipinski definition) is 0. The summed E-state index contributed by atoms with van der Waals surface area (Å²) in [7, 11) is 0. The lowest BCUT2D eigenvalue weighted by Gasteiger charge is -2.41. The molecule has 2 aliphatic heterocycles. The lowest BCUT2D eigenvalue weighted by Crippen LogP contribution is -2.52. The molecule has 0 saturated carbocycles. The Kier molecular flexibility index (Phi) is 3.34. The number of ether oxygens (including phenoxy) is 1. The Morgan fingerprint density at radius 1 is 1.24 bits per heavy atom. The van der Waals surface area contributed by atoms with Gasteiger partial charge in [0, 0.05) is 32.2 Å². The van der Waals surface area contributed by atoms with E-state index in [9.17, 15) is 4.79 Å². The first-order valence-electron chi connectivity index (χ1n) is 6.57. The number of carbonyl (C=O) groups is 1. The molecule has 17 heavy (non-hydrogen) atoms. The van der Waals surface area contributed by atoms with Crippen LogP contribution < -0.4 is 0 Å². The van der Waals surface area contributed by atoms with Crippen molar-refractivity contribution >= 4 is 6.09 Å². The number of carbonyl (C=O) groups excluding carboxylic acids is 1. The second-order valence-electron chi connectivity index (χ2n) is 6.43. The number of likely N-dealkylation sites (tertiary alicyclic amines) is 2. The van der Waals surface area contributed by atoms with Gasteiger partial charge < -0.3 is 9.64 Å². The van der Waals surface area contributed by atoms with E-state index in [1.54, 1.807) is 0 Å². The highest BCUT2D eigenvalue weighted by molar-refractivity contribution is 5.68. The van der Waals surface area contributed by atoms with Gasteiger partial charge in [-0.05, 0) is 33.1 Å². The molecule has 1 amide bonds. The van der Waals surface area contributed by atoms with Crippen LogP contribution in [0.3, 0.4) is 0 Å². The van der Waals surface area contributed by atoms with E-state index in [1.165, 1.54) is 13.1 Å². The summed E-state index contributed by atoms with van der Waals surface area (Å²) in [6.45, 7) is 12.1. The van der Waals surface area contributed by atoms with Crippen LogP contribution in [0.1, 0.15) is 34.1 Å². The Bertz CT molecular complexity index is 292. The molecule has 0 aromatic carbocycles. The van der Waals surface area contributed by atoms with Crippen molar-refractivity contribution < 1.29 is 9.53 Å². The maximum atomic E-state index is 11.9. The van der Waals surface area contributed by atoms with Gasteiger partial charge in [0.25, 0.3) is 0 Å². The molecule has 0 bridgehead atoms. The minimum atomic E-state index is -0.388. The minimum Gasteiger partial charge on any atom is -0.444 e. The van der Waals surface area contributed by atoms with Crippen LogP contribution in [0.5, 0.6) is 0 Å². The molecule has 98 valence electrons. The van der Waals surface area contributed by atoms with E-state index in [1.807, 2.05) is 25.7 Å². The van der Waals surface area contributed by atoms with Crippen molar-refractivity contribution in [2.75, 3.05) is 26.2 Å². The molecule has 4 heteroatoms. The second kappa shape index (κ2) is 4.48. The average molecular weight is 240 g/mol. The van der Waals surface area contributed by atoms with E-state index >= 15 is 0 Å². The summed E-state index contributed by atoms with van der Waals surface area (Å²) in [6, 6.07) is 0.554. The Morgan fingerprint density at radius 3 is 2.41 bits per heavy atom. The number of amides is 1. The minimum absolute atomic E-state index is 0.159. The highest BCUT2D eigenvalue weighted by Gasteiger charge is 2.36. The highest BCUT2D eigenvalue weighted by Crippen LogP contribution is 2.25. The topological polar surface area (TPSA) is 32.8 Å². The summed E-state index contributed by atoms with van der Waals surface area (Å²) in [5.74, 6) is 0.825. The summed E-state index contributed by atoms with van der Waals surface area (Å²) in [4.78, 5) is 16.2. The third-order valence-corrected chi connectivity index (χ3v) is 3.42. The second-order valence-corrected chi connectivity index (χ2v) is 6.43. The predicted molar refractivity (Wildman–Crippen MR) is 66.9 cm³/mol. The van der Waals surface area contributed by atoms with Gasteiger partial charge >= 0.3 is 6.09 Å². The van der Waals surface area contributed by atoms with Crippen molar-refractivity contribution in [1.29, 1.82) is 0 Å². The van der Waals surface area contributed by atoms with Crippen LogP contribution in [0.4, 0.5) is 4.79 Å². The lowest BCUT2D eigenvalue weighted by molar-refractivity contribution is 0.0243. The fourth-order valence-corrected chi connectivity index (χ4v) is 2.58. The molecule has 1 unspecified atom stereocenters. The van der Waals surface area contributed by atoms with E-state index in [4.69, 9.17) is 4.74 Å². The molecule has 0 radical (unpaired) electrons. The Morgan fingerprint density at radius 2 is 1.88 bits per heavy atom. The zero-order valence-corrected chi connectivity index (χ0v) is 11.4. The van der Waals surface area contributed by atoms with Crippen molar-refractivity contribution in [2.45, 2.75) is 45.8 Å². The van der Waals surface area contributed by atoms with Gasteiger partial charge in [0.05, 0.1) is 0 Å². The third-order valence-electron chi connectivity index (χ3n) is 3.42. The first-order chi connectivity index (χ1) is 7.85. The van der Waals surface area contributed by atoms with Crippen LogP contribution in [-0.4, -0.2) is 53.7 Å². The number of rotatable bonds is 1. The van der Waals surface area contributed by atoms with E-state index in [2.05, 4.69) is 11.8 Å². The van der Waals surface area contributed by atoms with Crippen molar-refractivity contribution in [1.82, 2.24) is 9.80 Å². The van der Waals surface area contributed by atoms with Crippen LogP contribution in [0.15, 0.2) is 0 Å². The van der Waals surface area contributed by atoms with Gasteiger partial charge in [0.15, 0.2) is 0 Å². The smallest absolute Gasteiger partial charge is 0.410 e. The van der Waals surface area contributed by atoms with Gasteiger partial charge in [-0.25, -0.2) is 4.79 Å². The summed E-state index contributed by atoms with van der Waals surface area (Å²) in [5.41, 5.74) is -0.388. The largest absolute Gasteiger partial charge is 0.444 e. The monoisotopic (exact) mass is 240 g/mol. The summed E-state index contributed by atoms with van der Waals surface area (Å²) in [6.07, 6.45) is 0.931. The van der Waals surface area contributed by atoms with Crippen LogP contribution in [0, 0.1) is 5.92 Å². The summed E-state index contributed by atoms with van der Waals surface area (Å²) < 4.78 is 5.39. The van der Waals surface area contributed by atoms with Crippen LogP contribution in [0.2, 0.25) is 0 Å². The first-order valence-corrected chi connectivity index (χ1v) is 6.57. The molecular formula is C13H24N2O2. The van der Waals surface area contributed by atoms with Gasteiger partial charge in [0.1, 0.15) is 5.60 Å². The standard InChI is InChI=1S/C13H24N2O2/c1-10-7-15(8-10)11-5-6-14(9-11)12(16)17-13(2,3)4/h10-11H,5-9H2,1-4H3. The zero-order chi connectivity index (χ0) is 12.6. The molecule has 2 rings (SSSR count). The summed E-state index contributed by atoms with van der Waals surface area (Å²) in [5, 5.41) is 0. The van der Waals surface area contributed by atoms with Crippen LogP contribution in [-0.2, 0) is 4.74 Å². The molecule has 0 aliphatic carbocycles. The quantitative estimate of drug-likeness (QED) is 0.702. The van der Waals surface area contributed by atoms with Gasteiger partial charge in [0.2, 0.25) is 0 Å². The normalized spacial score (nSPS) is 27.1. The molecule has 2 fully saturated rings. The SMILES string of the molecule is CC1CN(C2CCN(C(=O)OC(C)(C)C)C2)C1. The van der Waals surface area contributed by atoms with E-state index in [-0.39, 0.29) is 11.7 Å². The van der Waals surface area contributed by atoms with Crippen LogP contribution >= 0.6 is 0 Å². The van der Waals surface area contributed by atoms with Crippen molar-refractivity contribution in [2.24, 2.45) is 5.92 Å². The fourth-order valence-electron chi connectivity index (χ4n) is 2.58. The molecule has 4 nitrogen and oxygen atoms in total. The molecule has 2 heterocycles. The highest BCUT2D eigenvalue weighted by atomic mass is 16.6. The lowest BCUT2D eigenvalue weighted by atomic mass is 9.99. The Labute approximate surface area is 104 Å². The maximum absolute atomic E-state index is 11.9. The van der Waals surface area contributed by atoms with Crippen molar-refractivity contribution in [3.63, 3.8) is 0 Å². The maximum Gasteiger partial charge on any atom is 0.410 e. The predicted octanol–water partition coefficient (Wildman–Crippen LogP) is 1.95. The van der Waals surface area contributed by atoms with Gasteiger partial charge in [-0.1, -0.05) is 6.92 Å². The van der Waals surface area contributed by atoms with Crippen molar-refractivity contribution in [3.8, 4) is 0 Å². The molecular weight excluding hydrogens is 216 g/mol. The van der Waals surface area contributed by atoms with E-state index < -0.39 is 0 Å². The third kappa shape index (κ3) is 3.12. The molecule has 0 N–H and O–H groups in total. The van der Waals surface area contributed by atoms with Gasteiger partial charge in [-0.3, -0.25) is 4.90 Å². The van der Waals surface area contributed by atoms with Gasteiger partial charge in [-0.15, -0.1) is 0 Å². The molecule has 1 atom stereocenters. The first kappa shape index (κ1) is 12.7. The fraction of sp³-hybridized carbons (Fsp3) is 0.923.